The standard InChI is InChI=1S/C17H18BN3O2/c1-16(2)17(3,4)23-18(22-16)14-7-5-13(6-8-14)15-20-10-12(9-19)11-21-15/h5-8,10-11H,1-4H3. The van der Waals surface area contributed by atoms with Crippen molar-refractivity contribution in [3.8, 4) is 17.5 Å². The number of benzene rings is 1. The van der Waals surface area contributed by atoms with E-state index < -0.39 is 0 Å². The summed E-state index contributed by atoms with van der Waals surface area (Å²) in [7, 11) is -0.379. The van der Waals surface area contributed by atoms with Gasteiger partial charge in [-0.1, -0.05) is 24.3 Å². The maximum Gasteiger partial charge on any atom is 0.494 e. The van der Waals surface area contributed by atoms with Gasteiger partial charge in [0.15, 0.2) is 5.82 Å². The lowest BCUT2D eigenvalue weighted by atomic mass is 9.79. The molecule has 1 aliphatic rings. The summed E-state index contributed by atoms with van der Waals surface area (Å²) in [4.78, 5) is 8.39. The molecule has 2 aromatic rings. The van der Waals surface area contributed by atoms with Crippen molar-refractivity contribution in [2.45, 2.75) is 38.9 Å². The molecule has 0 atom stereocenters. The highest BCUT2D eigenvalue weighted by atomic mass is 16.7. The molecule has 0 spiro atoms. The van der Waals surface area contributed by atoms with Crippen molar-refractivity contribution in [1.82, 2.24) is 9.97 Å². The lowest BCUT2D eigenvalue weighted by Crippen LogP contribution is -2.41. The van der Waals surface area contributed by atoms with Gasteiger partial charge in [-0.25, -0.2) is 9.97 Å². The Morgan fingerprint density at radius 1 is 0.957 bits per heavy atom. The van der Waals surface area contributed by atoms with Crippen LogP contribution in [0.2, 0.25) is 0 Å². The predicted octanol–water partition coefficient (Wildman–Crippen LogP) is 2.31. The second kappa shape index (κ2) is 5.45. The molecule has 1 aliphatic heterocycles. The number of hydrogen-bond acceptors (Lipinski definition) is 5. The fourth-order valence-corrected chi connectivity index (χ4v) is 2.30. The van der Waals surface area contributed by atoms with E-state index in [2.05, 4.69) is 9.97 Å². The zero-order chi connectivity index (χ0) is 16.7. The minimum Gasteiger partial charge on any atom is -0.399 e. The van der Waals surface area contributed by atoms with E-state index in [1.54, 1.807) is 0 Å². The third kappa shape index (κ3) is 2.86. The van der Waals surface area contributed by atoms with Crippen molar-refractivity contribution < 1.29 is 9.31 Å². The largest absolute Gasteiger partial charge is 0.494 e. The zero-order valence-electron chi connectivity index (χ0n) is 13.7. The quantitative estimate of drug-likeness (QED) is 0.796. The molecule has 0 aliphatic carbocycles. The molecule has 1 aromatic carbocycles. The topological polar surface area (TPSA) is 68.0 Å². The third-order valence-electron chi connectivity index (χ3n) is 4.48. The minimum absolute atomic E-state index is 0.355. The Balaban J connectivity index is 1.81. The Labute approximate surface area is 136 Å². The summed E-state index contributed by atoms with van der Waals surface area (Å²) in [6.45, 7) is 8.13. The van der Waals surface area contributed by atoms with Crippen LogP contribution < -0.4 is 5.46 Å². The molecular weight excluding hydrogens is 289 g/mol. The van der Waals surface area contributed by atoms with Gasteiger partial charge in [-0.2, -0.15) is 5.26 Å². The molecule has 1 saturated heterocycles. The summed E-state index contributed by atoms with van der Waals surface area (Å²) >= 11 is 0. The van der Waals surface area contributed by atoms with E-state index in [0.717, 1.165) is 11.0 Å². The molecule has 0 radical (unpaired) electrons. The molecule has 6 heteroatoms. The Kier molecular flexibility index (Phi) is 3.71. The summed E-state index contributed by atoms with van der Waals surface area (Å²) in [6, 6.07) is 9.79. The molecule has 23 heavy (non-hydrogen) atoms. The second-order valence-corrected chi connectivity index (χ2v) is 6.62. The van der Waals surface area contributed by atoms with Crippen LogP contribution in [0.5, 0.6) is 0 Å². The molecule has 1 aromatic heterocycles. The number of nitrogens with zero attached hydrogens (tertiary/aromatic N) is 3. The highest BCUT2D eigenvalue weighted by Crippen LogP contribution is 2.36. The first kappa shape index (κ1) is 15.7. The highest BCUT2D eigenvalue weighted by Gasteiger charge is 2.51. The molecule has 3 rings (SSSR count). The molecule has 1 fully saturated rings. The first-order valence-electron chi connectivity index (χ1n) is 7.50. The first-order valence-corrected chi connectivity index (χ1v) is 7.50. The minimum atomic E-state index is -0.379. The predicted molar refractivity (Wildman–Crippen MR) is 87.9 cm³/mol. The summed E-state index contributed by atoms with van der Waals surface area (Å²) in [5.74, 6) is 0.587. The molecular formula is C17H18BN3O2. The molecule has 2 heterocycles. The van der Waals surface area contributed by atoms with Gasteiger partial charge in [0.05, 0.1) is 16.8 Å². The Bertz CT molecular complexity index is 733. The van der Waals surface area contributed by atoms with E-state index >= 15 is 0 Å². The van der Waals surface area contributed by atoms with Gasteiger partial charge in [-0.15, -0.1) is 0 Å². The average molecular weight is 307 g/mol. The lowest BCUT2D eigenvalue weighted by Gasteiger charge is -2.32. The molecule has 5 nitrogen and oxygen atoms in total. The maximum absolute atomic E-state index is 8.78. The Morgan fingerprint density at radius 3 is 1.96 bits per heavy atom. The van der Waals surface area contributed by atoms with Crippen LogP contribution in [-0.2, 0) is 9.31 Å². The fraction of sp³-hybridized carbons (Fsp3) is 0.353. The van der Waals surface area contributed by atoms with Gasteiger partial charge < -0.3 is 9.31 Å². The monoisotopic (exact) mass is 307 g/mol. The van der Waals surface area contributed by atoms with Crippen LogP contribution in [0.1, 0.15) is 33.3 Å². The van der Waals surface area contributed by atoms with Gasteiger partial charge >= 0.3 is 7.12 Å². The van der Waals surface area contributed by atoms with Gasteiger partial charge in [-0.05, 0) is 33.2 Å². The third-order valence-corrected chi connectivity index (χ3v) is 4.48. The van der Waals surface area contributed by atoms with Crippen LogP contribution in [0.3, 0.4) is 0 Å². The maximum atomic E-state index is 8.78. The SMILES string of the molecule is CC1(C)OB(c2ccc(-c3ncc(C#N)cn3)cc2)OC1(C)C. The summed E-state index contributed by atoms with van der Waals surface area (Å²) in [5.41, 5.74) is 1.58. The van der Waals surface area contributed by atoms with E-state index in [0.29, 0.717) is 11.4 Å². The molecule has 0 unspecified atom stereocenters. The first-order chi connectivity index (χ1) is 10.8. The van der Waals surface area contributed by atoms with Crippen molar-refractivity contribution in [2.75, 3.05) is 0 Å². The fourth-order valence-electron chi connectivity index (χ4n) is 2.30. The molecule has 0 amide bonds. The van der Waals surface area contributed by atoms with Crippen LogP contribution in [0, 0.1) is 11.3 Å². The molecule has 0 bridgehead atoms. The lowest BCUT2D eigenvalue weighted by molar-refractivity contribution is 0.00578. The van der Waals surface area contributed by atoms with Crippen molar-refractivity contribution in [1.29, 1.82) is 5.26 Å². The number of aromatic nitrogens is 2. The van der Waals surface area contributed by atoms with Crippen molar-refractivity contribution in [2.24, 2.45) is 0 Å². The van der Waals surface area contributed by atoms with Crippen LogP contribution >= 0.6 is 0 Å². The van der Waals surface area contributed by atoms with Gasteiger partial charge in [0.2, 0.25) is 0 Å². The number of nitriles is 1. The Morgan fingerprint density at radius 2 is 1.48 bits per heavy atom. The normalized spacial score (nSPS) is 18.7. The van der Waals surface area contributed by atoms with Gasteiger partial charge in [-0.3, -0.25) is 0 Å². The van der Waals surface area contributed by atoms with Crippen molar-refractivity contribution in [3.05, 3.63) is 42.2 Å². The van der Waals surface area contributed by atoms with E-state index in [-0.39, 0.29) is 18.3 Å². The van der Waals surface area contributed by atoms with Gasteiger partial charge in [0, 0.05) is 18.0 Å². The van der Waals surface area contributed by atoms with Crippen LogP contribution in [-0.4, -0.2) is 28.3 Å². The van der Waals surface area contributed by atoms with Crippen molar-refractivity contribution in [3.63, 3.8) is 0 Å². The van der Waals surface area contributed by atoms with E-state index in [1.165, 1.54) is 12.4 Å². The van der Waals surface area contributed by atoms with E-state index in [9.17, 15) is 0 Å². The smallest absolute Gasteiger partial charge is 0.399 e. The highest BCUT2D eigenvalue weighted by molar-refractivity contribution is 6.62. The van der Waals surface area contributed by atoms with Crippen LogP contribution in [0.4, 0.5) is 0 Å². The van der Waals surface area contributed by atoms with Gasteiger partial charge in [0.1, 0.15) is 6.07 Å². The van der Waals surface area contributed by atoms with E-state index in [4.69, 9.17) is 14.6 Å². The number of hydrogen-bond donors (Lipinski definition) is 0. The summed E-state index contributed by atoms with van der Waals surface area (Å²) in [6.07, 6.45) is 3.04. The summed E-state index contributed by atoms with van der Waals surface area (Å²) in [5, 5.41) is 8.78. The van der Waals surface area contributed by atoms with Gasteiger partial charge in [0.25, 0.3) is 0 Å². The molecule has 0 saturated carbocycles. The van der Waals surface area contributed by atoms with Crippen molar-refractivity contribution >= 4 is 12.6 Å². The molecule has 0 N–H and O–H groups in total. The zero-order valence-corrected chi connectivity index (χ0v) is 13.7. The van der Waals surface area contributed by atoms with Crippen LogP contribution in [0.25, 0.3) is 11.4 Å². The second-order valence-electron chi connectivity index (χ2n) is 6.62. The number of rotatable bonds is 2. The summed E-state index contributed by atoms with van der Waals surface area (Å²) < 4.78 is 12.1. The van der Waals surface area contributed by atoms with E-state index in [1.807, 2.05) is 58.0 Å². The van der Waals surface area contributed by atoms with Crippen LogP contribution in [0.15, 0.2) is 36.7 Å². The Hall–Kier alpha value is -2.23. The average Bonchev–Trinajstić information content (AvgIpc) is 2.76. The molecule has 116 valence electrons.